The summed E-state index contributed by atoms with van der Waals surface area (Å²) in [4.78, 5) is 5.45. The smallest absolute Gasteiger partial charge is 0.195 e. The molecule has 0 fully saturated rings. The summed E-state index contributed by atoms with van der Waals surface area (Å²) in [7, 11) is 0. The molecule has 4 aromatic rings. The minimum atomic E-state index is -0.213. The van der Waals surface area contributed by atoms with E-state index in [1.807, 2.05) is 28.7 Å². The summed E-state index contributed by atoms with van der Waals surface area (Å²) in [5.41, 5.74) is 2.86. The molecule has 0 amide bonds. The SMILES string of the molecule is Fc1ccc2sc3nc4ccccc4n3c2c1. The van der Waals surface area contributed by atoms with Gasteiger partial charge in [-0.25, -0.2) is 9.37 Å². The van der Waals surface area contributed by atoms with Crippen LogP contribution < -0.4 is 0 Å². The Labute approximate surface area is 99.9 Å². The highest BCUT2D eigenvalue weighted by atomic mass is 32.1. The molecule has 0 N–H and O–H groups in total. The van der Waals surface area contributed by atoms with E-state index >= 15 is 0 Å². The number of hydrogen-bond acceptors (Lipinski definition) is 2. The fourth-order valence-corrected chi connectivity index (χ4v) is 3.17. The number of aromatic nitrogens is 2. The Balaban J connectivity index is 2.33. The lowest BCUT2D eigenvalue weighted by Gasteiger charge is -1.94. The van der Waals surface area contributed by atoms with Gasteiger partial charge in [0.2, 0.25) is 0 Å². The minimum Gasteiger partial charge on any atom is -0.283 e. The first-order valence-corrected chi connectivity index (χ1v) is 6.10. The molecule has 17 heavy (non-hydrogen) atoms. The zero-order valence-corrected chi connectivity index (χ0v) is 9.54. The maximum Gasteiger partial charge on any atom is 0.195 e. The Bertz CT molecular complexity index is 860. The van der Waals surface area contributed by atoms with E-state index in [9.17, 15) is 4.39 Å². The molecular formula is C13H7FN2S. The van der Waals surface area contributed by atoms with Crippen LogP contribution in [0.3, 0.4) is 0 Å². The van der Waals surface area contributed by atoms with Crippen LogP contribution in [0, 0.1) is 5.82 Å². The van der Waals surface area contributed by atoms with Crippen molar-refractivity contribution in [2.24, 2.45) is 0 Å². The van der Waals surface area contributed by atoms with Gasteiger partial charge in [-0.1, -0.05) is 23.5 Å². The van der Waals surface area contributed by atoms with Crippen LogP contribution in [0.1, 0.15) is 0 Å². The van der Waals surface area contributed by atoms with E-state index in [4.69, 9.17) is 0 Å². The van der Waals surface area contributed by atoms with Crippen LogP contribution in [-0.2, 0) is 0 Å². The van der Waals surface area contributed by atoms with E-state index in [1.165, 1.54) is 6.07 Å². The van der Waals surface area contributed by atoms with Crippen molar-refractivity contribution in [1.29, 1.82) is 0 Å². The second kappa shape index (κ2) is 3.05. The van der Waals surface area contributed by atoms with E-state index in [2.05, 4.69) is 4.98 Å². The summed E-state index contributed by atoms with van der Waals surface area (Å²) < 4.78 is 16.4. The van der Waals surface area contributed by atoms with E-state index in [-0.39, 0.29) is 5.82 Å². The van der Waals surface area contributed by atoms with Crippen molar-refractivity contribution in [1.82, 2.24) is 9.38 Å². The van der Waals surface area contributed by atoms with Crippen molar-refractivity contribution in [2.45, 2.75) is 0 Å². The Morgan fingerprint density at radius 3 is 2.88 bits per heavy atom. The molecule has 0 bridgehead atoms. The molecule has 4 heteroatoms. The molecule has 0 radical (unpaired) electrons. The Hall–Kier alpha value is -1.94. The third kappa shape index (κ3) is 1.16. The third-order valence-electron chi connectivity index (χ3n) is 2.89. The molecular weight excluding hydrogens is 235 g/mol. The van der Waals surface area contributed by atoms with Crippen LogP contribution in [0.4, 0.5) is 4.39 Å². The standard InChI is InChI=1S/C13H7FN2S/c14-8-5-6-12-11(7-8)16-10-4-2-1-3-9(10)15-13(16)17-12/h1-7H. The molecule has 0 atom stereocenters. The molecule has 82 valence electrons. The second-order valence-electron chi connectivity index (χ2n) is 3.93. The van der Waals surface area contributed by atoms with E-state index in [0.29, 0.717) is 0 Å². The minimum absolute atomic E-state index is 0.213. The topological polar surface area (TPSA) is 17.3 Å². The van der Waals surface area contributed by atoms with Gasteiger partial charge in [0, 0.05) is 0 Å². The van der Waals surface area contributed by atoms with Gasteiger partial charge in [0.1, 0.15) is 5.82 Å². The van der Waals surface area contributed by atoms with Crippen molar-refractivity contribution >= 4 is 37.5 Å². The van der Waals surface area contributed by atoms with Crippen molar-refractivity contribution in [3.63, 3.8) is 0 Å². The van der Waals surface area contributed by atoms with E-state index < -0.39 is 0 Å². The van der Waals surface area contributed by atoms with Crippen molar-refractivity contribution in [2.75, 3.05) is 0 Å². The van der Waals surface area contributed by atoms with Gasteiger partial charge in [0.05, 0.1) is 21.3 Å². The summed E-state index contributed by atoms with van der Waals surface area (Å²) in [6.07, 6.45) is 0. The largest absolute Gasteiger partial charge is 0.283 e. The maximum atomic E-state index is 13.3. The van der Waals surface area contributed by atoms with Gasteiger partial charge in [-0.2, -0.15) is 0 Å². The molecule has 0 aliphatic rings. The summed E-state index contributed by atoms with van der Waals surface area (Å²) in [6, 6.07) is 12.8. The number of imidazole rings is 1. The molecule has 2 aromatic carbocycles. The predicted octanol–water partition coefficient (Wildman–Crippen LogP) is 3.84. The fraction of sp³-hybridized carbons (Fsp3) is 0. The van der Waals surface area contributed by atoms with E-state index in [1.54, 1.807) is 23.5 Å². The van der Waals surface area contributed by atoms with Gasteiger partial charge in [-0.05, 0) is 30.3 Å². The second-order valence-corrected chi connectivity index (χ2v) is 4.94. The number of halogens is 1. The Kier molecular flexibility index (Phi) is 1.64. The molecule has 2 heterocycles. The van der Waals surface area contributed by atoms with Crippen LogP contribution in [0.2, 0.25) is 0 Å². The van der Waals surface area contributed by atoms with Crippen LogP contribution >= 0.6 is 11.3 Å². The summed E-state index contributed by atoms with van der Waals surface area (Å²) >= 11 is 1.58. The number of fused-ring (bicyclic) bond motifs is 5. The first-order chi connectivity index (χ1) is 8.33. The number of rotatable bonds is 0. The fourth-order valence-electron chi connectivity index (χ4n) is 2.16. The summed E-state index contributed by atoms with van der Waals surface area (Å²) in [6.45, 7) is 0. The average Bonchev–Trinajstić information content (AvgIpc) is 2.84. The number of para-hydroxylation sites is 2. The molecule has 0 spiro atoms. The highest BCUT2D eigenvalue weighted by molar-refractivity contribution is 7.23. The van der Waals surface area contributed by atoms with Crippen molar-refractivity contribution in [3.05, 3.63) is 48.3 Å². The highest BCUT2D eigenvalue weighted by Gasteiger charge is 2.10. The molecule has 0 unspecified atom stereocenters. The highest BCUT2D eigenvalue weighted by Crippen LogP contribution is 2.30. The molecule has 4 rings (SSSR count). The van der Waals surface area contributed by atoms with Crippen LogP contribution in [0.5, 0.6) is 0 Å². The number of benzene rings is 2. The van der Waals surface area contributed by atoms with Crippen LogP contribution in [0.25, 0.3) is 26.2 Å². The van der Waals surface area contributed by atoms with E-state index in [0.717, 1.165) is 26.2 Å². The number of nitrogens with zero attached hydrogens (tertiary/aromatic N) is 2. The Morgan fingerprint density at radius 1 is 1.06 bits per heavy atom. The van der Waals surface area contributed by atoms with Gasteiger partial charge >= 0.3 is 0 Å². The number of hydrogen-bond donors (Lipinski definition) is 0. The molecule has 2 nitrogen and oxygen atoms in total. The molecule has 0 aliphatic carbocycles. The van der Waals surface area contributed by atoms with Gasteiger partial charge in [0.25, 0.3) is 0 Å². The van der Waals surface area contributed by atoms with Crippen molar-refractivity contribution in [3.8, 4) is 0 Å². The monoisotopic (exact) mass is 242 g/mol. The zero-order chi connectivity index (χ0) is 11.4. The lowest BCUT2D eigenvalue weighted by molar-refractivity contribution is 0.629. The first kappa shape index (κ1) is 9.13. The summed E-state index contributed by atoms with van der Waals surface area (Å²) in [5, 5.41) is 0. The molecule has 0 aliphatic heterocycles. The van der Waals surface area contributed by atoms with Crippen LogP contribution in [-0.4, -0.2) is 9.38 Å². The normalized spacial score (nSPS) is 11.8. The molecule has 2 aromatic heterocycles. The lowest BCUT2D eigenvalue weighted by atomic mass is 10.3. The Morgan fingerprint density at radius 2 is 1.94 bits per heavy atom. The van der Waals surface area contributed by atoms with Gasteiger partial charge < -0.3 is 0 Å². The van der Waals surface area contributed by atoms with Gasteiger partial charge in [-0.3, -0.25) is 4.40 Å². The third-order valence-corrected chi connectivity index (χ3v) is 3.91. The maximum absolute atomic E-state index is 13.3. The van der Waals surface area contributed by atoms with Gasteiger partial charge in [0.15, 0.2) is 4.96 Å². The zero-order valence-electron chi connectivity index (χ0n) is 8.72. The summed E-state index contributed by atoms with van der Waals surface area (Å²) in [5.74, 6) is -0.213. The molecule has 0 saturated heterocycles. The molecule has 0 saturated carbocycles. The van der Waals surface area contributed by atoms with Crippen LogP contribution in [0.15, 0.2) is 42.5 Å². The van der Waals surface area contributed by atoms with Gasteiger partial charge in [-0.15, -0.1) is 0 Å². The van der Waals surface area contributed by atoms with Crippen molar-refractivity contribution < 1.29 is 4.39 Å². The average molecular weight is 242 g/mol. The predicted molar refractivity (Wildman–Crippen MR) is 68.0 cm³/mol. The first-order valence-electron chi connectivity index (χ1n) is 5.28. The number of thiazole rings is 1. The quantitative estimate of drug-likeness (QED) is 0.458. The lowest BCUT2D eigenvalue weighted by Crippen LogP contribution is -1.81.